The molecule has 0 aliphatic rings. The summed E-state index contributed by atoms with van der Waals surface area (Å²) in [6.45, 7) is 1.89. The molecule has 0 aliphatic heterocycles. The zero-order chi connectivity index (χ0) is 21.9. The number of fused-ring (bicyclic) bond motifs is 2. The number of rotatable bonds is 6. The van der Waals surface area contributed by atoms with E-state index in [0.29, 0.717) is 12.2 Å². The summed E-state index contributed by atoms with van der Waals surface area (Å²) in [6.07, 6.45) is -0.250. The van der Waals surface area contributed by atoms with Crippen molar-refractivity contribution in [3.8, 4) is 5.75 Å². The molecular formula is C29H25NO2. The van der Waals surface area contributed by atoms with E-state index >= 15 is 0 Å². The van der Waals surface area contributed by atoms with E-state index < -0.39 is 6.29 Å². The Kier molecular flexibility index (Phi) is 5.49. The van der Waals surface area contributed by atoms with Crippen LogP contribution in [0.2, 0.25) is 0 Å². The largest absolute Gasteiger partial charge is 0.465 e. The number of anilines is 3. The molecule has 0 amide bonds. The Bertz CT molecular complexity index is 1280. The van der Waals surface area contributed by atoms with E-state index in [1.165, 1.54) is 21.5 Å². The van der Waals surface area contributed by atoms with Crippen LogP contribution in [0.1, 0.15) is 13.3 Å². The van der Waals surface area contributed by atoms with Gasteiger partial charge in [0.1, 0.15) is 5.75 Å². The Morgan fingerprint density at radius 1 is 0.625 bits per heavy atom. The van der Waals surface area contributed by atoms with E-state index in [1.54, 1.807) is 0 Å². The molecule has 158 valence electrons. The first-order valence-electron chi connectivity index (χ1n) is 10.9. The van der Waals surface area contributed by atoms with Crippen LogP contribution in [0.3, 0.4) is 0 Å². The van der Waals surface area contributed by atoms with Gasteiger partial charge in [0, 0.05) is 23.5 Å². The highest BCUT2D eigenvalue weighted by atomic mass is 16.6. The quantitative estimate of drug-likeness (QED) is 0.288. The predicted octanol–water partition coefficient (Wildman–Crippen LogP) is 7.57. The summed E-state index contributed by atoms with van der Waals surface area (Å²) in [6, 6.07) is 37.7. The van der Waals surface area contributed by atoms with Gasteiger partial charge in [0.05, 0.1) is 0 Å². The van der Waals surface area contributed by atoms with Crippen molar-refractivity contribution in [2.75, 3.05) is 4.90 Å². The number of nitrogens with zero attached hydrogens (tertiary/aromatic N) is 1. The molecule has 5 rings (SSSR count). The minimum atomic E-state index is -0.794. The Morgan fingerprint density at radius 3 is 1.59 bits per heavy atom. The lowest BCUT2D eigenvalue weighted by Gasteiger charge is -2.26. The highest BCUT2D eigenvalue weighted by molar-refractivity contribution is 5.92. The minimum Gasteiger partial charge on any atom is -0.465 e. The van der Waals surface area contributed by atoms with Crippen LogP contribution in [0.15, 0.2) is 109 Å². The highest BCUT2D eigenvalue weighted by Gasteiger charge is 2.14. The lowest BCUT2D eigenvalue weighted by Crippen LogP contribution is -2.14. The molecule has 32 heavy (non-hydrogen) atoms. The first-order chi connectivity index (χ1) is 15.7. The van der Waals surface area contributed by atoms with Crippen LogP contribution in [-0.2, 0) is 0 Å². The Labute approximate surface area is 188 Å². The number of aliphatic hydroxyl groups excluding tert-OH is 1. The SMILES string of the molecule is CCC(O)Oc1ccc(N(c2ccc3ccccc3c2)c2ccc3ccccc3c2)cc1. The molecule has 3 nitrogen and oxygen atoms in total. The first-order valence-corrected chi connectivity index (χ1v) is 10.9. The molecular weight excluding hydrogens is 394 g/mol. The minimum absolute atomic E-state index is 0.544. The maximum Gasteiger partial charge on any atom is 0.197 e. The van der Waals surface area contributed by atoms with Crippen molar-refractivity contribution in [3.63, 3.8) is 0 Å². The van der Waals surface area contributed by atoms with E-state index in [1.807, 2.05) is 31.2 Å². The van der Waals surface area contributed by atoms with Crippen LogP contribution in [-0.4, -0.2) is 11.4 Å². The summed E-state index contributed by atoms with van der Waals surface area (Å²) in [7, 11) is 0. The predicted molar refractivity (Wildman–Crippen MR) is 133 cm³/mol. The Morgan fingerprint density at radius 2 is 1.09 bits per heavy atom. The van der Waals surface area contributed by atoms with Gasteiger partial charge in [0.25, 0.3) is 0 Å². The normalized spacial score (nSPS) is 12.1. The third kappa shape index (κ3) is 4.03. The highest BCUT2D eigenvalue weighted by Crippen LogP contribution is 2.38. The van der Waals surface area contributed by atoms with Gasteiger partial charge in [-0.3, -0.25) is 0 Å². The number of hydrogen-bond acceptors (Lipinski definition) is 3. The molecule has 0 fully saturated rings. The van der Waals surface area contributed by atoms with Gasteiger partial charge < -0.3 is 14.7 Å². The fourth-order valence-corrected chi connectivity index (χ4v) is 3.99. The second-order valence-electron chi connectivity index (χ2n) is 7.87. The molecule has 1 N–H and O–H groups in total. The molecule has 0 aliphatic carbocycles. The molecule has 3 heteroatoms. The number of ether oxygens (including phenoxy) is 1. The number of benzene rings is 5. The third-order valence-corrected chi connectivity index (χ3v) is 5.70. The average Bonchev–Trinajstić information content (AvgIpc) is 2.85. The van der Waals surface area contributed by atoms with Crippen LogP contribution in [0.4, 0.5) is 17.1 Å². The Balaban J connectivity index is 1.62. The van der Waals surface area contributed by atoms with E-state index in [4.69, 9.17) is 4.74 Å². The van der Waals surface area contributed by atoms with Crippen molar-refractivity contribution >= 4 is 38.6 Å². The van der Waals surface area contributed by atoms with Crippen molar-refractivity contribution in [2.24, 2.45) is 0 Å². The Hall–Kier alpha value is -3.82. The molecule has 5 aromatic carbocycles. The maximum absolute atomic E-state index is 9.81. The second kappa shape index (κ2) is 8.74. The van der Waals surface area contributed by atoms with E-state index in [0.717, 1.165) is 17.1 Å². The molecule has 0 saturated heterocycles. The van der Waals surface area contributed by atoms with E-state index in [2.05, 4.69) is 89.8 Å². The third-order valence-electron chi connectivity index (χ3n) is 5.70. The van der Waals surface area contributed by atoms with Crippen LogP contribution in [0.5, 0.6) is 5.75 Å². The van der Waals surface area contributed by atoms with Gasteiger partial charge in [-0.15, -0.1) is 0 Å². The van der Waals surface area contributed by atoms with Gasteiger partial charge in [-0.1, -0.05) is 67.6 Å². The summed E-state index contributed by atoms with van der Waals surface area (Å²) >= 11 is 0. The lowest BCUT2D eigenvalue weighted by molar-refractivity contribution is -0.0191. The molecule has 0 saturated carbocycles. The van der Waals surface area contributed by atoms with Crippen molar-refractivity contribution in [3.05, 3.63) is 109 Å². The van der Waals surface area contributed by atoms with E-state index in [-0.39, 0.29) is 0 Å². The first kappa shape index (κ1) is 20.1. The lowest BCUT2D eigenvalue weighted by atomic mass is 10.1. The van der Waals surface area contributed by atoms with Gasteiger partial charge in [-0.05, 0) is 70.1 Å². The summed E-state index contributed by atoms with van der Waals surface area (Å²) in [5.41, 5.74) is 3.19. The number of aliphatic hydroxyl groups is 1. The van der Waals surface area contributed by atoms with Crippen LogP contribution in [0.25, 0.3) is 21.5 Å². The van der Waals surface area contributed by atoms with Crippen molar-refractivity contribution < 1.29 is 9.84 Å². The van der Waals surface area contributed by atoms with Crippen molar-refractivity contribution in [2.45, 2.75) is 19.6 Å². The molecule has 0 spiro atoms. The molecule has 0 bridgehead atoms. The molecule has 0 radical (unpaired) electrons. The second-order valence-corrected chi connectivity index (χ2v) is 7.87. The van der Waals surface area contributed by atoms with Crippen molar-refractivity contribution in [1.29, 1.82) is 0 Å². The molecule has 1 unspecified atom stereocenters. The van der Waals surface area contributed by atoms with Gasteiger partial charge in [-0.2, -0.15) is 0 Å². The van der Waals surface area contributed by atoms with Gasteiger partial charge in [0.15, 0.2) is 6.29 Å². The number of hydrogen-bond donors (Lipinski definition) is 1. The topological polar surface area (TPSA) is 32.7 Å². The molecule has 5 aromatic rings. The molecule has 0 heterocycles. The summed E-state index contributed by atoms with van der Waals surface area (Å²) < 4.78 is 5.56. The average molecular weight is 420 g/mol. The zero-order valence-corrected chi connectivity index (χ0v) is 18.0. The fourth-order valence-electron chi connectivity index (χ4n) is 3.99. The zero-order valence-electron chi connectivity index (χ0n) is 18.0. The van der Waals surface area contributed by atoms with Crippen LogP contribution >= 0.6 is 0 Å². The van der Waals surface area contributed by atoms with E-state index in [9.17, 15) is 5.11 Å². The maximum atomic E-state index is 9.81. The summed E-state index contributed by atoms with van der Waals surface area (Å²) in [5, 5.41) is 14.6. The fraction of sp³-hybridized carbons (Fsp3) is 0.103. The van der Waals surface area contributed by atoms with Crippen LogP contribution in [0, 0.1) is 0 Å². The monoisotopic (exact) mass is 419 g/mol. The van der Waals surface area contributed by atoms with Gasteiger partial charge >= 0.3 is 0 Å². The molecule has 0 aromatic heterocycles. The molecule has 1 atom stereocenters. The smallest absolute Gasteiger partial charge is 0.197 e. The van der Waals surface area contributed by atoms with Crippen molar-refractivity contribution in [1.82, 2.24) is 0 Å². The van der Waals surface area contributed by atoms with Gasteiger partial charge in [0.2, 0.25) is 0 Å². The summed E-state index contributed by atoms with van der Waals surface area (Å²) in [4.78, 5) is 2.25. The van der Waals surface area contributed by atoms with Crippen LogP contribution < -0.4 is 9.64 Å². The van der Waals surface area contributed by atoms with Gasteiger partial charge in [-0.25, -0.2) is 0 Å². The standard InChI is InChI=1S/C29H25NO2/c1-2-29(31)32-28-17-15-25(16-18-28)30(26-13-11-21-7-3-5-9-23(21)19-26)27-14-12-22-8-4-6-10-24(22)20-27/h3-20,29,31H,2H2,1H3. The summed E-state index contributed by atoms with van der Waals surface area (Å²) in [5.74, 6) is 0.653.